The highest BCUT2D eigenvalue weighted by Gasteiger charge is 2.35. The third-order valence-corrected chi connectivity index (χ3v) is 2.66. The van der Waals surface area contributed by atoms with Crippen molar-refractivity contribution < 1.29 is 24.1 Å². The summed E-state index contributed by atoms with van der Waals surface area (Å²) in [6, 6.07) is 4.90. The summed E-state index contributed by atoms with van der Waals surface area (Å²) in [6.45, 7) is 0. The molecule has 3 N–H and O–H groups in total. The summed E-state index contributed by atoms with van der Waals surface area (Å²) in [5.41, 5.74) is 5.89. The minimum Gasteiger partial charge on any atom is -0.501 e. The van der Waals surface area contributed by atoms with Gasteiger partial charge in [-0.3, -0.25) is 4.79 Å². The predicted molar refractivity (Wildman–Crippen MR) is 62.2 cm³/mol. The van der Waals surface area contributed by atoms with Crippen LogP contribution in [0, 0.1) is 0 Å². The number of ketones is 1. The molecule has 96 valence electrons. The highest BCUT2D eigenvalue weighted by molar-refractivity contribution is 5.99. The molecule has 18 heavy (non-hydrogen) atoms. The van der Waals surface area contributed by atoms with E-state index in [4.69, 9.17) is 19.9 Å². The summed E-state index contributed by atoms with van der Waals surface area (Å²) in [4.78, 5) is 11.7. The quantitative estimate of drug-likeness (QED) is 0.833. The molecule has 1 aliphatic rings. The maximum absolute atomic E-state index is 11.7. The highest BCUT2D eigenvalue weighted by atomic mass is 16.5. The zero-order valence-electron chi connectivity index (χ0n) is 9.97. The van der Waals surface area contributed by atoms with Gasteiger partial charge in [-0.2, -0.15) is 0 Å². The standard InChI is InChI=1S/C12H13NO5/c1-16-7-4-3-6(5-8(7)17-2)11-9(14)10(15)12(13)18-11/h3-5,11,15H,13H2,1-2H3/t11-/m0/s1. The number of benzene rings is 1. The van der Waals surface area contributed by atoms with Gasteiger partial charge in [-0.05, 0) is 12.1 Å². The number of rotatable bonds is 3. The lowest BCUT2D eigenvalue weighted by Gasteiger charge is -2.13. The molecule has 2 rings (SSSR count). The van der Waals surface area contributed by atoms with Gasteiger partial charge in [0.2, 0.25) is 17.4 Å². The van der Waals surface area contributed by atoms with Gasteiger partial charge >= 0.3 is 0 Å². The van der Waals surface area contributed by atoms with Gasteiger partial charge in [0.1, 0.15) is 0 Å². The number of aliphatic hydroxyl groups excluding tert-OH is 1. The number of ether oxygens (including phenoxy) is 3. The first-order valence-corrected chi connectivity index (χ1v) is 5.20. The molecule has 1 atom stereocenters. The van der Waals surface area contributed by atoms with Crippen molar-refractivity contribution in [3.05, 3.63) is 35.4 Å². The molecule has 6 nitrogen and oxygen atoms in total. The van der Waals surface area contributed by atoms with E-state index in [9.17, 15) is 9.90 Å². The topological polar surface area (TPSA) is 91.0 Å². The molecule has 0 spiro atoms. The second-order valence-corrected chi connectivity index (χ2v) is 3.69. The Balaban J connectivity index is 2.34. The normalized spacial score (nSPS) is 18.8. The number of hydrogen-bond donors (Lipinski definition) is 2. The average Bonchev–Trinajstić information content (AvgIpc) is 2.65. The summed E-state index contributed by atoms with van der Waals surface area (Å²) < 4.78 is 15.3. The van der Waals surface area contributed by atoms with Gasteiger partial charge in [0.05, 0.1) is 14.2 Å². The lowest BCUT2D eigenvalue weighted by molar-refractivity contribution is -0.123. The maximum Gasteiger partial charge on any atom is 0.247 e. The van der Waals surface area contributed by atoms with E-state index >= 15 is 0 Å². The minimum atomic E-state index is -0.940. The van der Waals surface area contributed by atoms with Crippen molar-refractivity contribution in [1.82, 2.24) is 0 Å². The van der Waals surface area contributed by atoms with Crippen LogP contribution in [-0.4, -0.2) is 25.1 Å². The lowest BCUT2D eigenvalue weighted by atomic mass is 10.1. The van der Waals surface area contributed by atoms with Crippen molar-refractivity contribution in [1.29, 1.82) is 0 Å². The summed E-state index contributed by atoms with van der Waals surface area (Å²) >= 11 is 0. The smallest absolute Gasteiger partial charge is 0.247 e. The zero-order valence-corrected chi connectivity index (χ0v) is 9.97. The minimum absolute atomic E-state index is 0.264. The number of Topliss-reactive ketones (excluding diaryl/α,β-unsaturated/α-hetero) is 1. The van der Waals surface area contributed by atoms with E-state index in [0.29, 0.717) is 17.1 Å². The van der Waals surface area contributed by atoms with E-state index < -0.39 is 17.6 Å². The molecule has 0 saturated heterocycles. The number of nitrogens with two attached hydrogens (primary N) is 1. The van der Waals surface area contributed by atoms with Crippen LogP contribution >= 0.6 is 0 Å². The van der Waals surface area contributed by atoms with Crippen LogP contribution in [0.15, 0.2) is 29.8 Å². The molecule has 0 saturated carbocycles. The van der Waals surface area contributed by atoms with Gasteiger partial charge in [0.15, 0.2) is 17.6 Å². The van der Waals surface area contributed by atoms with Crippen molar-refractivity contribution >= 4 is 5.78 Å². The fourth-order valence-corrected chi connectivity index (χ4v) is 1.72. The second-order valence-electron chi connectivity index (χ2n) is 3.69. The largest absolute Gasteiger partial charge is 0.501 e. The van der Waals surface area contributed by atoms with Crippen LogP contribution in [0.2, 0.25) is 0 Å². The Labute approximate surface area is 104 Å². The Bertz CT molecular complexity index is 523. The van der Waals surface area contributed by atoms with Crippen molar-refractivity contribution in [2.45, 2.75) is 6.10 Å². The van der Waals surface area contributed by atoms with Crippen LogP contribution in [0.4, 0.5) is 0 Å². The molecular weight excluding hydrogens is 238 g/mol. The van der Waals surface area contributed by atoms with Gasteiger partial charge in [0, 0.05) is 5.56 Å². The lowest BCUT2D eigenvalue weighted by Crippen LogP contribution is -2.10. The van der Waals surface area contributed by atoms with Crippen LogP contribution in [0.3, 0.4) is 0 Å². The van der Waals surface area contributed by atoms with Gasteiger partial charge in [0.25, 0.3) is 0 Å². The first-order chi connectivity index (χ1) is 8.58. The molecule has 0 fully saturated rings. The van der Waals surface area contributed by atoms with E-state index in [0.717, 1.165) is 0 Å². The third kappa shape index (κ3) is 1.81. The maximum atomic E-state index is 11.7. The Morgan fingerprint density at radius 1 is 1.28 bits per heavy atom. The molecule has 0 unspecified atom stereocenters. The molecule has 1 aromatic carbocycles. The van der Waals surface area contributed by atoms with E-state index in [1.54, 1.807) is 18.2 Å². The van der Waals surface area contributed by atoms with Crippen LogP contribution < -0.4 is 15.2 Å². The molecule has 0 radical (unpaired) electrons. The molecule has 6 heteroatoms. The summed E-state index contributed by atoms with van der Waals surface area (Å²) in [5.74, 6) is -0.373. The third-order valence-electron chi connectivity index (χ3n) is 2.66. The highest BCUT2D eigenvalue weighted by Crippen LogP contribution is 2.35. The average molecular weight is 251 g/mol. The Kier molecular flexibility index (Phi) is 3.01. The first kappa shape index (κ1) is 12.1. The van der Waals surface area contributed by atoms with Crippen LogP contribution in [0.5, 0.6) is 11.5 Å². The summed E-state index contributed by atoms with van der Waals surface area (Å²) in [7, 11) is 3.00. The van der Waals surface area contributed by atoms with Gasteiger partial charge in [-0.1, -0.05) is 6.07 Å². The van der Waals surface area contributed by atoms with Gasteiger partial charge < -0.3 is 25.1 Å². The molecule has 1 aromatic rings. The van der Waals surface area contributed by atoms with Crippen molar-refractivity contribution in [2.75, 3.05) is 14.2 Å². The fraction of sp³-hybridized carbons (Fsp3) is 0.250. The molecule has 0 aromatic heterocycles. The number of carbonyl (C=O) groups is 1. The summed E-state index contributed by atoms with van der Waals surface area (Å²) in [6.07, 6.45) is -0.940. The Hall–Kier alpha value is -2.37. The molecular formula is C12H13NO5. The van der Waals surface area contributed by atoms with Gasteiger partial charge in [-0.25, -0.2) is 0 Å². The summed E-state index contributed by atoms with van der Waals surface area (Å²) in [5, 5.41) is 9.35. The van der Waals surface area contributed by atoms with Gasteiger partial charge in [-0.15, -0.1) is 0 Å². The molecule has 0 bridgehead atoms. The van der Waals surface area contributed by atoms with Crippen molar-refractivity contribution in [2.24, 2.45) is 5.73 Å². The predicted octanol–water partition coefficient (Wildman–Crippen LogP) is 1.03. The van der Waals surface area contributed by atoms with Crippen LogP contribution in [-0.2, 0) is 9.53 Å². The SMILES string of the molecule is COc1ccc([C@@H]2OC(N)=C(O)C2=O)cc1OC. The van der Waals surface area contributed by atoms with Crippen LogP contribution in [0.25, 0.3) is 0 Å². The number of carbonyl (C=O) groups excluding carboxylic acids is 1. The van der Waals surface area contributed by atoms with E-state index in [2.05, 4.69) is 0 Å². The second kappa shape index (κ2) is 4.48. The molecule has 0 amide bonds. The molecule has 0 aliphatic carbocycles. The van der Waals surface area contributed by atoms with E-state index in [-0.39, 0.29) is 5.88 Å². The fourth-order valence-electron chi connectivity index (χ4n) is 1.72. The van der Waals surface area contributed by atoms with E-state index in [1.165, 1.54) is 14.2 Å². The number of hydrogen-bond acceptors (Lipinski definition) is 6. The van der Waals surface area contributed by atoms with Crippen molar-refractivity contribution in [3.8, 4) is 11.5 Å². The number of methoxy groups -OCH3 is 2. The van der Waals surface area contributed by atoms with E-state index in [1.807, 2.05) is 0 Å². The van der Waals surface area contributed by atoms with Crippen LogP contribution in [0.1, 0.15) is 11.7 Å². The van der Waals surface area contributed by atoms with Crippen molar-refractivity contribution in [3.63, 3.8) is 0 Å². The first-order valence-electron chi connectivity index (χ1n) is 5.20. The zero-order chi connectivity index (χ0) is 13.3. The Morgan fingerprint density at radius 2 is 1.94 bits per heavy atom. The Morgan fingerprint density at radius 3 is 2.44 bits per heavy atom. The monoisotopic (exact) mass is 251 g/mol. The molecule has 1 heterocycles. The number of aliphatic hydroxyl groups is 1. The molecule has 1 aliphatic heterocycles.